The third kappa shape index (κ3) is 4.31. The van der Waals surface area contributed by atoms with E-state index in [1.165, 1.54) is 0 Å². The van der Waals surface area contributed by atoms with Gasteiger partial charge in [0.25, 0.3) is 0 Å². The van der Waals surface area contributed by atoms with Gasteiger partial charge in [-0.15, -0.1) is 0 Å². The van der Waals surface area contributed by atoms with Gasteiger partial charge in [-0.25, -0.2) is 4.79 Å². The van der Waals surface area contributed by atoms with Crippen LogP contribution in [0.4, 0.5) is 0 Å². The van der Waals surface area contributed by atoms with Crippen molar-refractivity contribution in [3.63, 3.8) is 0 Å². The maximum atomic E-state index is 10.7. The highest BCUT2D eigenvalue weighted by molar-refractivity contribution is 5.81. The van der Waals surface area contributed by atoms with E-state index in [2.05, 4.69) is 6.58 Å². The Morgan fingerprint density at radius 1 is 1.40 bits per heavy atom. The van der Waals surface area contributed by atoms with Crippen molar-refractivity contribution in [1.82, 2.24) is 0 Å². The first-order valence-corrected chi connectivity index (χ1v) is 4.79. The molecule has 3 heteroatoms. The normalized spacial score (nSPS) is 9.60. The van der Waals surface area contributed by atoms with Gasteiger partial charge in [-0.1, -0.05) is 18.7 Å². The Labute approximate surface area is 89.0 Å². The summed E-state index contributed by atoms with van der Waals surface area (Å²) in [6.45, 7) is 3.70. The number of hydrogen-bond donors (Lipinski definition) is 1. The maximum absolute atomic E-state index is 10.7. The van der Waals surface area contributed by atoms with Crippen LogP contribution in [0.1, 0.15) is 12.0 Å². The van der Waals surface area contributed by atoms with Crippen LogP contribution in [0, 0.1) is 0 Å². The Bertz CT molecular complexity index is 327. The molecular formula is C12H14O3. The molecule has 0 radical (unpaired) electrons. The molecule has 0 aliphatic heterocycles. The van der Waals surface area contributed by atoms with E-state index in [9.17, 15) is 4.79 Å². The molecule has 0 fully saturated rings. The molecule has 0 heterocycles. The number of carbonyl (C=O) groups is 1. The predicted octanol–water partition coefficient (Wildman–Crippen LogP) is 2.05. The molecule has 80 valence electrons. The molecule has 0 aliphatic rings. The molecule has 1 N–H and O–H groups in total. The molecule has 0 aliphatic carbocycles. The van der Waals surface area contributed by atoms with Crippen molar-refractivity contribution < 1.29 is 14.6 Å². The van der Waals surface area contributed by atoms with Crippen LogP contribution in [0.2, 0.25) is 0 Å². The van der Waals surface area contributed by atoms with E-state index in [4.69, 9.17) is 9.84 Å². The van der Waals surface area contributed by atoms with Crippen molar-refractivity contribution >= 4 is 5.97 Å². The summed E-state index contributed by atoms with van der Waals surface area (Å²) in [7, 11) is 0. The molecule has 1 rings (SSSR count). The summed E-state index contributed by atoms with van der Waals surface area (Å²) in [6, 6.07) is 6.99. The number of rotatable bonds is 5. The molecule has 15 heavy (non-hydrogen) atoms. The van der Waals surface area contributed by atoms with Gasteiger partial charge in [0.15, 0.2) is 0 Å². The average molecular weight is 206 g/mol. The quantitative estimate of drug-likeness (QED) is 0.455. The van der Waals surface area contributed by atoms with Crippen LogP contribution >= 0.6 is 0 Å². The van der Waals surface area contributed by atoms with Crippen LogP contribution < -0.4 is 0 Å². The Morgan fingerprint density at radius 2 is 2.07 bits per heavy atom. The molecule has 3 nitrogen and oxygen atoms in total. The topological polar surface area (TPSA) is 46.5 Å². The molecular weight excluding hydrogens is 192 g/mol. The molecule has 0 bridgehead atoms. The number of esters is 1. The zero-order valence-electron chi connectivity index (χ0n) is 8.48. The zero-order chi connectivity index (χ0) is 11.1. The predicted molar refractivity (Wildman–Crippen MR) is 57.6 cm³/mol. The van der Waals surface area contributed by atoms with Crippen molar-refractivity contribution in [1.29, 1.82) is 0 Å². The molecule has 0 aromatic heterocycles. The lowest BCUT2D eigenvalue weighted by Crippen LogP contribution is -2.02. The second-order valence-electron chi connectivity index (χ2n) is 3.14. The van der Waals surface area contributed by atoms with Gasteiger partial charge < -0.3 is 9.84 Å². The molecule has 0 amide bonds. The number of aromatic hydroxyl groups is 1. The lowest BCUT2D eigenvalue weighted by molar-refractivity contribution is -0.137. The van der Waals surface area contributed by atoms with Crippen LogP contribution in [-0.2, 0) is 16.0 Å². The van der Waals surface area contributed by atoms with Crippen LogP contribution in [0.3, 0.4) is 0 Å². The minimum absolute atomic E-state index is 0.261. The highest BCUT2D eigenvalue weighted by Crippen LogP contribution is 2.10. The van der Waals surface area contributed by atoms with Gasteiger partial charge in [0.1, 0.15) is 5.75 Å². The molecule has 0 unspecified atom stereocenters. The first-order chi connectivity index (χ1) is 7.22. The summed E-state index contributed by atoms with van der Waals surface area (Å²) in [6.07, 6.45) is 2.75. The van der Waals surface area contributed by atoms with Gasteiger partial charge in [0.05, 0.1) is 6.61 Å². The Balaban J connectivity index is 2.23. The molecule has 0 saturated carbocycles. The van der Waals surface area contributed by atoms with E-state index in [0.717, 1.165) is 24.5 Å². The van der Waals surface area contributed by atoms with Gasteiger partial charge >= 0.3 is 5.97 Å². The van der Waals surface area contributed by atoms with Gasteiger partial charge in [-0.05, 0) is 30.5 Å². The van der Waals surface area contributed by atoms with Crippen LogP contribution in [0.5, 0.6) is 5.75 Å². The lowest BCUT2D eigenvalue weighted by atomic mass is 10.1. The summed E-state index contributed by atoms with van der Waals surface area (Å²) in [5.41, 5.74) is 1.11. The number of ether oxygens (including phenoxy) is 1. The fraction of sp³-hybridized carbons (Fsp3) is 0.250. The molecule has 0 saturated heterocycles. The first-order valence-electron chi connectivity index (χ1n) is 4.79. The average Bonchev–Trinajstić information content (AvgIpc) is 2.26. The summed E-state index contributed by atoms with van der Waals surface area (Å²) < 4.78 is 4.83. The number of phenolic OH excluding ortho intramolecular Hbond substituents is 1. The number of hydrogen-bond acceptors (Lipinski definition) is 3. The van der Waals surface area contributed by atoms with E-state index in [0.29, 0.717) is 6.61 Å². The van der Waals surface area contributed by atoms with Crippen molar-refractivity contribution in [2.45, 2.75) is 12.8 Å². The van der Waals surface area contributed by atoms with Crippen molar-refractivity contribution in [2.24, 2.45) is 0 Å². The smallest absolute Gasteiger partial charge is 0.330 e. The Kier molecular flexibility index (Phi) is 4.41. The Hall–Kier alpha value is -1.77. The van der Waals surface area contributed by atoms with Crippen LogP contribution in [-0.4, -0.2) is 17.7 Å². The number of phenols is 1. The summed E-state index contributed by atoms with van der Waals surface area (Å²) in [4.78, 5) is 10.7. The van der Waals surface area contributed by atoms with Crippen LogP contribution in [0.25, 0.3) is 0 Å². The fourth-order valence-corrected chi connectivity index (χ4v) is 1.17. The summed E-state index contributed by atoms with van der Waals surface area (Å²) in [5.74, 6) is -0.127. The van der Waals surface area contributed by atoms with Crippen molar-refractivity contribution in [2.75, 3.05) is 6.61 Å². The highest BCUT2D eigenvalue weighted by Gasteiger charge is 1.97. The van der Waals surface area contributed by atoms with E-state index in [1.807, 2.05) is 12.1 Å². The minimum atomic E-state index is -0.388. The van der Waals surface area contributed by atoms with Gasteiger partial charge in [-0.2, -0.15) is 0 Å². The second-order valence-corrected chi connectivity index (χ2v) is 3.14. The van der Waals surface area contributed by atoms with E-state index >= 15 is 0 Å². The summed E-state index contributed by atoms with van der Waals surface area (Å²) in [5, 5.41) is 9.05. The Morgan fingerprint density at radius 3 is 2.67 bits per heavy atom. The van der Waals surface area contributed by atoms with Gasteiger partial charge in [-0.3, -0.25) is 0 Å². The van der Waals surface area contributed by atoms with Crippen LogP contribution in [0.15, 0.2) is 36.9 Å². The second kappa shape index (κ2) is 5.86. The molecule has 1 aromatic carbocycles. The third-order valence-corrected chi connectivity index (χ3v) is 1.96. The van der Waals surface area contributed by atoms with E-state index < -0.39 is 0 Å². The first kappa shape index (κ1) is 11.3. The van der Waals surface area contributed by atoms with Crippen molar-refractivity contribution in [3.8, 4) is 5.75 Å². The molecule has 0 atom stereocenters. The minimum Gasteiger partial charge on any atom is -0.508 e. The standard InChI is InChI=1S/C12H14O3/c1-2-12(14)15-9-3-4-10-5-7-11(13)8-6-10/h2,5-8,13H,1,3-4,9H2. The SMILES string of the molecule is C=CC(=O)OCCCc1ccc(O)cc1. The van der Waals surface area contributed by atoms with E-state index in [-0.39, 0.29) is 11.7 Å². The van der Waals surface area contributed by atoms with E-state index in [1.54, 1.807) is 12.1 Å². The maximum Gasteiger partial charge on any atom is 0.330 e. The summed E-state index contributed by atoms with van der Waals surface area (Å²) >= 11 is 0. The molecule has 1 aromatic rings. The van der Waals surface area contributed by atoms with Gasteiger partial charge in [0.2, 0.25) is 0 Å². The number of carbonyl (C=O) groups excluding carboxylic acids is 1. The number of benzene rings is 1. The highest BCUT2D eigenvalue weighted by atomic mass is 16.5. The van der Waals surface area contributed by atoms with Gasteiger partial charge in [0, 0.05) is 6.08 Å². The largest absolute Gasteiger partial charge is 0.508 e. The zero-order valence-corrected chi connectivity index (χ0v) is 8.48. The monoisotopic (exact) mass is 206 g/mol. The van der Waals surface area contributed by atoms with Crippen molar-refractivity contribution in [3.05, 3.63) is 42.5 Å². The lowest BCUT2D eigenvalue weighted by Gasteiger charge is -2.02. The fourth-order valence-electron chi connectivity index (χ4n) is 1.17. The number of aryl methyl sites for hydroxylation is 1. The third-order valence-electron chi connectivity index (χ3n) is 1.96. The molecule has 0 spiro atoms.